The van der Waals surface area contributed by atoms with Crippen molar-refractivity contribution in [2.24, 2.45) is 11.8 Å². The predicted octanol–water partition coefficient (Wildman–Crippen LogP) is 4.31. The van der Waals surface area contributed by atoms with Crippen molar-refractivity contribution in [3.63, 3.8) is 0 Å². The minimum atomic E-state index is -0.263. The van der Waals surface area contributed by atoms with Crippen molar-refractivity contribution in [2.45, 2.75) is 95.7 Å². The largest absolute Gasteiger partial charge is 0.350 e. The molecule has 1 aromatic rings. The predicted molar refractivity (Wildman–Crippen MR) is 146 cm³/mol. The molecule has 1 aliphatic carbocycles. The fourth-order valence-corrected chi connectivity index (χ4v) is 6.47. The molecule has 4 rings (SSSR count). The second-order valence-electron chi connectivity index (χ2n) is 11.5. The number of carbonyl (C=O) groups is 2. The first kappa shape index (κ1) is 27.4. The summed E-state index contributed by atoms with van der Waals surface area (Å²) in [5.74, 6) is 0.812. The van der Waals surface area contributed by atoms with Crippen LogP contribution < -0.4 is 16.0 Å². The molecule has 3 aliphatic rings. The molecule has 3 fully saturated rings. The van der Waals surface area contributed by atoms with E-state index in [1.807, 2.05) is 43.0 Å². The molecule has 0 bridgehead atoms. The first-order valence-electron chi connectivity index (χ1n) is 14.2. The quantitative estimate of drug-likeness (QED) is 0.457. The summed E-state index contributed by atoms with van der Waals surface area (Å²) >= 11 is 6.10. The fraction of sp³-hybridized carbons (Fsp3) is 0.724. The monoisotopic (exact) mass is 516 g/mol. The molecule has 6 nitrogen and oxygen atoms in total. The van der Waals surface area contributed by atoms with Gasteiger partial charge in [0.2, 0.25) is 11.8 Å². The van der Waals surface area contributed by atoms with Gasteiger partial charge in [-0.1, -0.05) is 56.8 Å². The number of rotatable bonds is 9. The maximum Gasteiger partial charge on any atom is 0.240 e. The molecule has 1 saturated carbocycles. The van der Waals surface area contributed by atoms with E-state index in [0.29, 0.717) is 36.5 Å². The van der Waals surface area contributed by atoms with Crippen molar-refractivity contribution in [3.8, 4) is 0 Å². The molecule has 2 heterocycles. The number of nitrogens with zero attached hydrogens (tertiary/aromatic N) is 1. The molecule has 200 valence electrons. The summed E-state index contributed by atoms with van der Waals surface area (Å²) in [6, 6.07) is 7.99. The molecule has 0 radical (unpaired) electrons. The Kier molecular flexibility index (Phi) is 9.71. The van der Waals surface area contributed by atoms with Crippen LogP contribution in [0.1, 0.15) is 77.2 Å². The first-order valence-corrected chi connectivity index (χ1v) is 14.6. The lowest BCUT2D eigenvalue weighted by Crippen LogP contribution is -2.62. The molecule has 2 amide bonds. The summed E-state index contributed by atoms with van der Waals surface area (Å²) in [5, 5.41) is 11.3. The standard InChI is InChI=1S/C29H45ClN4O2/c1-21(2)27(35)33-29(23-7-4-3-5-8-23)14-17-34(18-15-29)28(36)26(32-20-25-9-6-16-31-25)19-22-10-12-24(30)13-11-22/h10-13,21,23,25-26,31-32H,3-9,14-20H2,1-2H3,(H,33,35)/t25-,26+/m0/s1. The minimum Gasteiger partial charge on any atom is -0.350 e. The zero-order chi connectivity index (χ0) is 25.5. The second-order valence-corrected chi connectivity index (χ2v) is 12.0. The van der Waals surface area contributed by atoms with Crippen LogP contribution in [0.25, 0.3) is 0 Å². The number of amides is 2. The minimum absolute atomic E-state index is 0.0257. The van der Waals surface area contributed by atoms with Gasteiger partial charge in [0.1, 0.15) is 0 Å². The summed E-state index contributed by atoms with van der Waals surface area (Å²) in [5.41, 5.74) is 0.938. The van der Waals surface area contributed by atoms with Crippen molar-refractivity contribution >= 4 is 23.4 Å². The fourth-order valence-electron chi connectivity index (χ4n) is 6.35. The van der Waals surface area contributed by atoms with Crippen molar-refractivity contribution < 1.29 is 9.59 Å². The van der Waals surface area contributed by atoms with Crippen LogP contribution in [0.5, 0.6) is 0 Å². The Labute approximate surface area is 222 Å². The molecule has 3 N–H and O–H groups in total. The Balaban J connectivity index is 1.44. The van der Waals surface area contributed by atoms with E-state index in [9.17, 15) is 9.59 Å². The van der Waals surface area contributed by atoms with E-state index >= 15 is 0 Å². The summed E-state index contributed by atoms with van der Waals surface area (Å²) in [4.78, 5) is 28.7. The van der Waals surface area contributed by atoms with Crippen LogP contribution >= 0.6 is 11.6 Å². The Hall–Kier alpha value is -1.63. The van der Waals surface area contributed by atoms with E-state index in [1.165, 1.54) is 38.5 Å². The Morgan fingerprint density at radius 3 is 2.36 bits per heavy atom. The van der Waals surface area contributed by atoms with Gasteiger partial charge in [0.05, 0.1) is 6.04 Å². The van der Waals surface area contributed by atoms with Gasteiger partial charge < -0.3 is 20.9 Å². The Morgan fingerprint density at radius 1 is 1.06 bits per heavy atom. The number of piperidine rings is 1. The van der Waals surface area contributed by atoms with Crippen LogP contribution in [-0.4, -0.2) is 60.5 Å². The smallest absolute Gasteiger partial charge is 0.240 e. The summed E-state index contributed by atoms with van der Waals surface area (Å²) in [7, 11) is 0. The zero-order valence-electron chi connectivity index (χ0n) is 22.2. The third-order valence-corrected chi connectivity index (χ3v) is 8.93. The molecule has 2 atom stereocenters. The average molecular weight is 517 g/mol. The number of nitrogens with one attached hydrogen (secondary N) is 3. The van der Waals surface area contributed by atoms with Gasteiger partial charge in [-0.25, -0.2) is 0 Å². The van der Waals surface area contributed by atoms with E-state index in [-0.39, 0.29) is 29.3 Å². The van der Waals surface area contributed by atoms with Gasteiger partial charge in [-0.15, -0.1) is 0 Å². The van der Waals surface area contributed by atoms with Gasteiger partial charge in [0.15, 0.2) is 0 Å². The average Bonchev–Trinajstić information content (AvgIpc) is 3.42. The summed E-state index contributed by atoms with van der Waals surface area (Å²) in [6.07, 6.45) is 10.8. The van der Waals surface area contributed by atoms with Gasteiger partial charge in [0, 0.05) is 42.2 Å². The van der Waals surface area contributed by atoms with E-state index in [4.69, 9.17) is 11.6 Å². The lowest BCUT2D eigenvalue weighted by Gasteiger charge is -2.49. The lowest BCUT2D eigenvalue weighted by atomic mass is 9.69. The highest BCUT2D eigenvalue weighted by molar-refractivity contribution is 6.30. The van der Waals surface area contributed by atoms with Crippen molar-refractivity contribution in [2.75, 3.05) is 26.2 Å². The number of hydrogen-bond acceptors (Lipinski definition) is 4. The first-order chi connectivity index (χ1) is 17.4. The van der Waals surface area contributed by atoms with Crippen LogP contribution in [-0.2, 0) is 16.0 Å². The van der Waals surface area contributed by atoms with Gasteiger partial charge in [0.25, 0.3) is 0 Å². The maximum absolute atomic E-state index is 13.8. The zero-order valence-corrected chi connectivity index (χ0v) is 22.9. The van der Waals surface area contributed by atoms with Crippen LogP contribution in [0, 0.1) is 11.8 Å². The van der Waals surface area contributed by atoms with Crippen molar-refractivity contribution in [1.82, 2.24) is 20.9 Å². The molecular formula is C29H45ClN4O2. The van der Waals surface area contributed by atoms with Crippen LogP contribution in [0.3, 0.4) is 0 Å². The van der Waals surface area contributed by atoms with Gasteiger partial charge in [-0.05, 0) is 75.1 Å². The summed E-state index contributed by atoms with van der Waals surface area (Å²) in [6.45, 7) is 7.19. The second kappa shape index (κ2) is 12.7. The number of carbonyl (C=O) groups excluding carboxylic acids is 2. The third-order valence-electron chi connectivity index (χ3n) is 8.67. The molecule has 2 saturated heterocycles. The van der Waals surface area contributed by atoms with Crippen LogP contribution in [0.2, 0.25) is 5.02 Å². The van der Waals surface area contributed by atoms with E-state index in [1.54, 1.807) is 0 Å². The SMILES string of the molecule is CC(C)C(=O)NC1(C2CCCCC2)CCN(C(=O)[C@@H](Cc2ccc(Cl)cc2)NC[C@@H]2CCCN2)CC1. The number of halogens is 1. The molecule has 0 spiro atoms. The molecule has 2 aliphatic heterocycles. The maximum atomic E-state index is 13.8. The molecule has 0 unspecified atom stereocenters. The highest BCUT2D eigenvalue weighted by Gasteiger charge is 2.44. The number of likely N-dealkylation sites (tertiary alicyclic amines) is 1. The lowest BCUT2D eigenvalue weighted by molar-refractivity contribution is -0.136. The summed E-state index contributed by atoms with van der Waals surface area (Å²) < 4.78 is 0. The van der Waals surface area contributed by atoms with Gasteiger partial charge >= 0.3 is 0 Å². The number of hydrogen-bond donors (Lipinski definition) is 3. The van der Waals surface area contributed by atoms with Crippen LogP contribution in [0.15, 0.2) is 24.3 Å². The van der Waals surface area contributed by atoms with Gasteiger partial charge in [-0.2, -0.15) is 0 Å². The van der Waals surface area contributed by atoms with E-state index in [0.717, 1.165) is 37.9 Å². The molecule has 1 aromatic carbocycles. The van der Waals surface area contributed by atoms with Crippen molar-refractivity contribution in [1.29, 1.82) is 0 Å². The molecule has 36 heavy (non-hydrogen) atoms. The molecule has 7 heteroatoms. The number of benzene rings is 1. The molecule has 0 aromatic heterocycles. The van der Waals surface area contributed by atoms with Gasteiger partial charge in [-0.3, -0.25) is 9.59 Å². The van der Waals surface area contributed by atoms with Crippen LogP contribution in [0.4, 0.5) is 0 Å². The third kappa shape index (κ3) is 7.02. The Morgan fingerprint density at radius 2 is 1.75 bits per heavy atom. The van der Waals surface area contributed by atoms with E-state index in [2.05, 4.69) is 16.0 Å². The van der Waals surface area contributed by atoms with Crippen molar-refractivity contribution in [3.05, 3.63) is 34.9 Å². The highest BCUT2D eigenvalue weighted by Crippen LogP contribution is 2.39. The Bertz CT molecular complexity index is 855. The normalized spacial score (nSPS) is 23.6. The highest BCUT2D eigenvalue weighted by atomic mass is 35.5. The van der Waals surface area contributed by atoms with E-state index < -0.39 is 0 Å². The topological polar surface area (TPSA) is 73.5 Å². The molecular weight excluding hydrogens is 472 g/mol.